The highest BCUT2D eigenvalue weighted by Crippen LogP contribution is 2.40. The summed E-state index contributed by atoms with van der Waals surface area (Å²) >= 11 is 18.2. The predicted molar refractivity (Wildman–Crippen MR) is 77.2 cm³/mol. The Morgan fingerprint density at radius 1 is 1.16 bits per heavy atom. The maximum absolute atomic E-state index is 9.19. The molecule has 0 amide bonds. The van der Waals surface area contributed by atoms with Crippen LogP contribution in [0.1, 0.15) is 5.56 Å². The van der Waals surface area contributed by atoms with Gasteiger partial charge in [-0.3, -0.25) is 0 Å². The van der Waals surface area contributed by atoms with Crippen LogP contribution >= 0.6 is 34.8 Å². The third-order valence-electron chi connectivity index (χ3n) is 2.56. The number of methoxy groups -OCH3 is 1. The fourth-order valence-electron chi connectivity index (χ4n) is 1.72. The van der Waals surface area contributed by atoms with Crippen LogP contribution < -0.4 is 4.74 Å². The highest BCUT2D eigenvalue weighted by Gasteiger charge is 2.16. The van der Waals surface area contributed by atoms with Crippen molar-refractivity contribution in [2.24, 2.45) is 0 Å². The molecule has 2 rings (SSSR count). The molecular weight excluding hydrogens is 309 g/mol. The number of hydrogen-bond donors (Lipinski definition) is 1. The number of pyridine rings is 1. The van der Waals surface area contributed by atoms with Crippen LogP contribution in [0.25, 0.3) is 11.1 Å². The zero-order valence-corrected chi connectivity index (χ0v) is 12.2. The quantitative estimate of drug-likeness (QED) is 0.922. The van der Waals surface area contributed by atoms with Crippen molar-refractivity contribution in [1.29, 1.82) is 0 Å². The van der Waals surface area contributed by atoms with Crippen LogP contribution in [-0.2, 0) is 6.61 Å². The molecule has 100 valence electrons. The highest BCUT2D eigenvalue weighted by atomic mass is 35.5. The number of ether oxygens (including phenoxy) is 1. The molecule has 6 heteroatoms. The minimum Gasteiger partial charge on any atom is -0.481 e. The van der Waals surface area contributed by atoms with Gasteiger partial charge in [-0.1, -0.05) is 34.8 Å². The standard InChI is InChI=1S/C13H10Cl3NO2/c1-19-13-9(2-7(6-18)5-17-13)12-10(15)3-8(14)4-11(12)16/h2-5,18H,6H2,1H3. The van der Waals surface area contributed by atoms with Crippen molar-refractivity contribution in [3.8, 4) is 17.0 Å². The third-order valence-corrected chi connectivity index (χ3v) is 3.37. The summed E-state index contributed by atoms with van der Waals surface area (Å²) in [6, 6.07) is 4.91. The number of nitrogens with zero attached hydrogens (tertiary/aromatic N) is 1. The first-order valence-electron chi connectivity index (χ1n) is 5.35. The number of aliphatic hydroxyl groups excluding tert-OH is 1. The van der Waals surface area contributed by atoms with E-state index in [-0.39, 0.29) is 6.61 Å². The van der Waals surface area contributed by atoms with Gasteiger partial charge < -0.3 is 9.84 Å². The lowest BCUT2D eigenvalue weighted by Crippen LogP contribution is -1.95. The normalized spacial score (nSPS) is 10.6. The SMILES string of the molecule is COc1ncc(CO)cc1-c1c(Cl)cc(Cl)cc1Cl. The molecule has 0 aliphatic carbocycles. The molecule has 19 heavy (non-hydrogen) atoms. The molecular formula is C13H10Cl3NO2. The Morgan fingerprint density at radius 3 is 2.32 bits per heavy atom. The summed E-state index contributed by atoms with van der Waals surface area (Å²) in [7, 11) is 1.50. The number of hydrogen-bond acceptors (Lipinski definition) is 3. The average Bonchev–Trinajstić information content (AvgIpc) is 2.37. The van der Waals surface area contributed by atoms with Gasteiger partial charge in [-0.15, -0.1) is 0 Å². The Balaban J connectivity index is 2.70. The summed E-state index contributed by atoms with van der Waals surface area (Å²) in [6.07, 6.45) is 1.53. The smallest absolute Gasteiger partial charge is 0.221 e. The Bertz CT molecular complexity index is 594. The van der Waals surface area contributed by atoms with Crippen LogP contribution in [0.4, 0.5) is 0 Å². The molecule has 0 aliphatic rings. The average molecular weight is 319 g/mol. The lowest BCUT2D eigenvalue weighted by molar-refractivity contribution is 0.281. The summed E-state index contributed by atoms with van der Waals surface area (Å²) in [4.78, 5) is 4.12. The van der Waals surface area contributed by atoms with Crippen molar-refractivity contribution < 1.29 is 9.84 Å². The number of benzene rings is 1. The van der Waals surface area contributed by atoms with Gasteiger partial charge in [0, 0.05) is 22.3 Å². The summed E-state index contributed by atoms with van der Waals surface area (Å²) in [5.74, 6) is 0.378. The fourth-order valence-corrected chi connectivity index (χ4v) is 2.74. The van der Waals surface area contributed by atoms with Crippen molar-refractivity contribution in [1.82, 2.24) is 4.98 Å². The highest BCUT2D eigenvalue weighted by molar-refractivity contribution is 6.41. The zero-order chi connectivity index (χ0) is 14.0. The maximum atomic E-state index is 9.19. The van der Waals surface area contributed by atoms with Gasteiger partial charge >= 0.3 is 0 Å². The molecule has 0 saturated carbocycles. The molecule has 1 aromatic carbocycles. The summed E-state index contributed by atoms with van der Waals surface area (Å²) in [5, 5.41) is 10.4. The second kappa shape index (κ2) is 5.97. The summed E-state index contributed by atoms with van der Waals surface area (Å²) in [5.41, 5.74) is 1.82. The molecule has 0 bridgehead atoms. The van der Waals surface area contributed by atoms with Crippen LogP contribution in [0.15, 0.2) is 24.4 Å². The van der Waals surface area contributed by atoms with Gasteiger partial charge in [-0.2, -0.15) is 0 Å². The van der Waals surface area contributed by atoms with Gasteiger partial charge in [0.2, 0.25) is 5.88 Å². The van der Waals surface area contributed by atoms with Gasteiger partial charge in [0.1, 0.15) is 0 Å². The fraction of sp³-hybridized carbons (Fsp3) is 0.154. The largest absolute Gasteiger partial charge is 0.481 e. The molecule has 1 N–H and O–H groups in total. The van der Waals surface area contributed by atoms with Gasteiger partial charge in [0.25, 0.3) is 0 Å². The van der Waals surface area contributed by atoms with E-state index < -0.39 is 0 Å². The molecule has 0 atom stereocenters. The van der Waals surface area contributed by atoms with Gasteiger partial charge in [-0.05, 0) is 23.8 Å². The molecule has 0 spiro atoms. The molecule has 0 fully saturated rings. The lowest BCUT2D eigenvalue weighted by atomic mass is 10.1. The maximum Gasteiger partial charge on any atom is 0.221 e. The first kappa shape index (κ1) is 14.4. The van der Waals surface area contributed by atoms with E-state index in [4.69, 9.17) is 39.5 Å². The van der Waals surface area contributed by atoms with E-state index in [9.17, 15) is 5.11 Å². The molecule has 0 radical (unpaired) electrons. The van der Waals surface area contributed by atoms with Crippen molar-refractivity contribution in [3.05, 3.63) is 45.0 Å². The number of rotatable bonds is 3. The minimum atomic E-state index is -0.132. The van der Waals surface area contributed by atoms with Crippen molar-refractivity contribution in [3.63, 3.8) is 0 Å². The molecule has 1 aromatic heterocycles. The van der Waals surface area contributed by atoms with Crippen molar-refractivity contribution in [2.75, 3.05) is 7.11 Å². The first-order valence-corrected chi connectivity index (χ1v) is 6.49. The topological polar surface area (TPSA) is 42.4 Å². The Morgan fingerprint density at radius 2 is 1.79 bits per heavy atom. The predicted octanol–water partition coefficient (Wildman–Crippen LogP) is 4.21. The molecule has 3 nitrogen and oxygen atoms in total. The Labute approximate surface area is 125 Å². The lowest BCUT2D eigenvalue weighted by Gasteiger charge is -2.12. The van der Waals surface area contributed by atoms with Crippen molar-refractivity contribution >= 4 is 34.8 Å². The van der Waals surface area contributed by atoms with Crippen LogP contribution in [0.2, 0.25) is 15.1 Å². The minimum absolute atomic E-state index is 0.132. The van der Waals surface area contributed by atoms with Gasteiger partial charge in [0.05, 0.1) is 23.8 Å². The molecule has 2 aromatic rings. The third kappa shape index (κ3) is 2.95. The van der Waals surface area contributed by atoms with Gasteiger partial charge in [-0.25, -0.2) is 4.98 Å². The van der Waals surface area contributed by atoms with E-state index in [1.807, 2.05) is 0 Å². The molecule has 0 saturated heterocycles. The molecule has 0 unspecified atom stereocenters. The zero-order valence-electron chi connectivity index (χ0n) is 9.95. The number of aliphatic hydroxyl groups is 1. The van der Waals surface area contributed by atoms with E-state index >= 15 is 0 Å². The Kier molecular flexibility index (Phi) is 4.53. The first-order chi connectivity index (χ1) is 9.06. The number of aromatic nitrogens is 1. The molecule has 0 aliphatic heterocycles. The molecule has 1 heterocycles. The van der Waals surface area contributed by atoms with Crippen LogP contribution in [-0.4, -0.2) is 17.2 Å². The second-order valence-corrected chi connectivity index (χ2v) is 5.05. The van der Waals surface area contributed by atoms with Crippen molar-refractivity contribution in [2.45, 2.75) is 6.61 Å². The monoisotopic (exact) mass is 317 g/mol. The van der Waals surface area contributed by atoms with E-state index in [2.05, 4.69) is 4.98 Å². The Hall–Kier alpha value is -1.000. The summed E-state index contributed by atoms with van der Waals surface area (Å²) < 4.78 is 5.20. The van der Waals surface area contributed by atoms with Gasteiger partial charge in [0.15, 0.2) is 0 Å². The van der Waals surface area contributed by atoms with E-state index in [0.29, 0.717) is 37.6 Å². The van der Waals surface area contributed by atoms with Crippen LogP contribution in [0.5, 0.6) is 5.88 Å². The number of halogens is 3. The van der Waals surface area contributed by atoms with E-state index in [1.54, 1.807) is 18.2 Å². The summed E-state index contributed by atoms with van der Waals surface area (Å²) in [6.45, 7) is -0.132. The van der Waals surface area contributed by atoms with E-state index in [1.165, 1.54) is 13.3 Å². The van der Waals surface area contributed by atoms with Crippen LogP contribution in [0, 0.1) is 0 Å². The van der Waals surface area contributed by atoms with Crippen LogP contribution in [0.3, 0.4) is 0 Å². The second-order valence-electron chi connectivity index (χ2n) is 3.80. The van der Waals surface area contributed by atoms with E-state index in [0.717, 1.165) is 0 Å².